The van der Waals surface area contributed by atoms with Crippen molar-refractivity contribution >= 4 is 0 Å². The van der Waals surface area contributed by atoms with E-state index < -0.39 is 5.60 Å². The van der Waals surface area contributed by atoms with Crippen molar-refractivity contribution in [3.63, 3.8) is 0 Å². The Bertz CT molecular complexity index is 350. The van der Waals surface area contributed by atoms with Crippen LogP contribution in [0.15, 0.2) is 24.3 Å². The molecule has 2 fully saturated rings. The zero-order chi connectivity index (χ0) is 12.4. The Hall–Kier alpha value is -0.640. The number of fused-ring (bicyclic) bond motifs is 1. The van der Waals surface area contributed by atoms with Crippen molar-refractivity contribution in [1.82, 2.24) is 5.32 Å². The number of rotatable bonds is 2. The summed E-state index contributed by atoms with van der Waals surface area (Å²) in [6, 6.07) is 0.604. The summed E-state index contributed by atoms with van der Waals surface area (Å²) in [5.41, 5.74) is -0.550. The highest BCUT2D eigenvalue weighted by atomic mass is 16.5. The molecule has 0 amide bonds. The Morgan fingerprint density at radius 3 is 3.06 bits per heavy atom. The quantitative estimate of drug-likeness (QED) is 0.784. The summed E-state index contributed by atoms with van der Waals surface area (Å²) < 4.78 is 5.53. The highest BCUT2D eigenvalue weighted by Gasteiger charge is 2.48. The lowest BCUT2D eigenvalue weighted by atomic mass is 9.69. The van der Waals surface area contributed by atoms with Gasteiger partial charge >= 0.3 is 0 Å². The van der Waals surface area contributed by atoms with Gasteiger partial charge in [0.15, 0.2) is 0 Å². The van der Waals surface area contributed by atoms with E-state index in [1.807, 2.05) is 0 Å². The molecule has 1 saturated carbocycles. The van der Waals surface area contributed by atoms with E-state index in [1.165, 1.54) is 6.42 Å². The maximum absolute atomic E-state index is 11.0. The largest absolute Gasteiger partial charge is 0.388 e. The molecule has 18 heavy (non-hydrogen) atoms. The van der Waals surface area contributed by atoms with Gasteiger partial charge in [-0.15, -0.1) is 0 Å². The average molecular weight is 249 g/mol. The van der Waals surface area contributed by atoms with Gasteiger partial charge in [-0.1, -0.05) is 30.7 Å². The number of ether oxygens (including phenoxy) is 1. The summed E-state index contributed by atoms with van der Waals surface area (Å²) in [6.45, 7) is 1.43. The van der Waals surface area contributed by atoms with Gasteiger partial charge in [0.1, 0.15) is 0 Å². The van der Waals surface area contributed by atoms with Crippen molar-refractivity contribution < 1.29 is 9.84 Å². The predicted molar refractivity (Wildman–Crippen MR) is 71.3 cm³/mol. The van der Waals surface area contributed by atoms with Crippen molar-refractivity contribution in [2.24, 2.45) is 5.92 Å². The molecule has 1 heterocycles. The summed E-state index contributed by atoms with van der Waals surface area (Å²) >= 11 is 0. The van der Waals surface area contributed by atoms with Crippen LogP contribution in [0.2, 0.25) is 0 Å². The molecule has 3 aliphatic rings. The van der Waals surface area contributed by atoms with Crippen LogP contribution in [0.25, 0.3) is 0 Å². The Balaban J connectivity index is 1.69. The van der Waals surface area contributed by atoms with Crippen LogP contribution >= 0.6 is 0 Å². The van der Waals surface area contributed by atoms with E-state index in [9.17, 15) is 5.11 Å². The minimum atomic E-state index is -0.550. The molecule has 0 aromatic heterocycles. The number of aliphatic hydroxyl groups is 1. The van der Waals surface area contributed by atoms with Gasteiger partial charge in [-0.3, -0.25) is 0 Å². The SMILES string of the molecule is OC12CCOCC1CCCC2NC1C=CC=CC1. The Morgan fingerprint density at radius 1 is 1.28 bits per heavy atom. The molecule has 2 N–H and O–H groups in total. The number of nitrogens with one attached hydrogen (secondary N) is 1. The average Bonchev–Trinajstić information content (AvgIpc) is 2.41. The molecule has 0 aromatic rings. The van der Waals surface area contributed by atoms with Gasteiger partial charge in [0.2, 0.25) is 0 Å². The fourth-order valence-corrected chi connectivity index (χ4v) is 3.61. The molecule has 3 rings (SSSR count). The Morgan fingerprint density at radius 2 is 2.22 bits per heavy atom. The third-order valence-electron chi connectivity index (χ3n) is 4.72. The number of hydrogen-bond acceptors (Lipinski definition) is 3. The van der Waals surface area contributed by atoms with Crippen LogP contribution in [0, 0.1) is 5.92 Å². The summed E-state index contributed by atoms with van der Waals surface area (Å²) in [7, 11) is 0. The molecule has 0 radical (unpaired) electrons. The number of allylic oxidation sites excluding steroid dienone is 2. The van der Waals surface area contributed by atoms with Crippen LogP contribution in [0.5, 0.6) is 0 Å². The van der Waals surface area contributed by atoms with E-state index in [2.05, 4.69) is 29.6 Å². The molecule has 4 atom stereocenters. The first kappa shape index (κ1) is 12.4. The molecule has 1 saturated heterocycles. The minimum absolute atomic E-state index is 0.223. The lowest BCUT2D eigenvalue weighted by molar-refractivity contribution is -0.148. The highest BCUT2D eigenvalue weighted by molar-refractivity contribution is 5.15. The third-order valence-corrected chi connectivity index (χ3v) is 4.72. The second kappa shape index (κ2) is 5.16. The molecular formula is C15H23NO2. The molecule has 3 heteroatoms. The Labute approximate surface area is 109 Å². The monoisotopic (exact) mass is 249 g/mol. The molecule has 0 spiro atoms. The topological polar surface area (TPSA) is 41.5 Å². The van der Waals surface area contributed by atoms with E-state index in [0.29, 0.717) is 18.6 Å². The minimum Gasteiger partial charge on any atom is -0.388 e. The zero-order valence-corrected chi connectivity index (χ0v) is 10.8. The Kier molecular flexibility index (Phi) is 3.55. The van der Waals surface area contributed by atoms with Gasteiger partial charge in [-0.25, -0.2) is 0 Å². The van der Waals surface area contributed by atoms with E-state index >= 15 is 0 Å². The summed E-state index contributed by atoms with van der Waals surface area (Å²) in [4.78, 5) is 0. The van der Waals surface area contributed by atoms with Gasteiger partial charge in [0, 0.05) is 31.0 Å². The van der Waals surface area contributed by atoms with Crippen LogP contribution in [-0.2, 0) is 4.74 Å². The summed E-state index contributed by atoms with van der Waals surface area (Å²) in [5.74, 6) is 0.320. The van der Waals surface area contributed by atoms with Crippen molar-refractivity contribution in [3.8, 4) is 0 Å². The van der Waals surface area contributed by atoms with Gasteiger partial charge in [0.05, 0.1) is 12.2 Å². The molecule has 3 nitrogen and oxygen atoms in total. The van der Waals surface area contributed by atoms with Crippen LogP contribution in [0.1, 0.15) is 32.1 Å². The maximum atomic E-state index is 11.0. The van der Waals surface area contributed by atoms with E-state index in [1.54, 1.807) is 0 Å². The van der Waals surface area contributed by atoms with Crippen molar-refractivity contribution in [2.45, 2.75) is 49.8 Å². The first-order chi connectivity index (χ1) is 8.79. The molecule has 4 unspecified atom stereocenters. The predicted octanol–water partition coefficient (Wildman–Crippen LogP) is 1.78. The normalized spacial score (nSPS) is 43.7. The van der Waals surface area contributed by atoms with Crippen molar-refractivity contribution in [2.75, 3.05) is 13.2 Å². The lowest BCUT2D eigenvalue weighted by Crippen LogP contribution is -2.62. The first-order valence-electron chi connectivity index (χ1n) is 7.18. The van der Waals surface area contributed by atoms with Gasteiger partial charge in [0.25, 0.3) is 0 Å². The van der Waals surface area contributed by atoms with Gasteiger partial charge in [-0.05, 0) is 19.3 Å². The third kappa shape index (κ3) is 2.27. The van der Waals surface area contributed by atoms with Gasteiger partial charge < -0.3 is 15.2 Å². The number of hydrogen-bond donors (Lipinski definition) is 2. The van der Waals surface area contributed by atoms with E-state index in [4.69, 9.17) is 4.74 Å². The van der Waals surface area contributed by atoms with Crippen LogP contribution in [0.3, 0.4) is 0 Å². The van der Waals surface area contributed by atoms with E-state index in [0.717, 1.165) is 32.3 Å². The lowest BCUT2D eigenvalue weighted by Gasteiger charge is -2.49. The summed E-state index contributed by atoms with van der Waals surface area (Å²) in [6.07, 6.45) is 13.8. The fraction of sp³-hybridized carbons (Fsp3) is 0.733. The van der Waals surface area contributed by atoms with Crippen LogP contribution < -0.4 is 5.32 Å². The second-order valence-corrected chi connectivity index (χ2v) is 5.82. The maximum Gasteiger partial charge on any atom is 0.0871 e. The smallest absolute Gasteiger partial charge is 0.0871 e. The molecule has 0 aromatic carbocycles. The zero-order valence-electron chi connectivity index (χ0n) is 10.8. The first-order valence-corrected chi connectivity index (χ1v) is 7.18. The molecule has 100 valence electrons. The summed E-state index contributed by atoms with van der Waals surface area (Å²) in [5, 5.41) is 14.7. The fourth-order valence-electron chi connectivity index (χ4n) is 3.61. The molecule has 0 bridgehead atoms. The standard InChI is InChI=1S/C15H23NO2/c17-15-9-10-18-11-12(15)5-4-8-14(15)16-13-6-2-1-3-7-13/h1-3,6,12-14,16-17H,4-5,7-11H2. The van der Waals surface area contributed by atoms with Crippen molar-refractivity contribution in [1.29, 1.82) is 0 Å². The molecule has 2 aliphatic carbocycles. The van der Waals surface area contributed by atoms with Crippen molar-refractivity contribution in [3.05, 3.63) is 24.3 Å². The molecular weight excluding hydrogens is 226 g/mol. The molecule has 1 aliphatic heterocycles. The van der Waals surface area contributed by atoms with Crippen LogP contribution in [-0.4, -0.2) is 36.0 Å². The van der Waals surface area contributed by atoms with E-state index in [-0.39, 0.29) is 6.04 Å². The van der Waals surface area contributed by atoms with Crippen LogP contribution in [0.4, 0.5) is 0 Å². The highest BCUT2D eigenvalue weighted by Crippen LogP contribution is 2.39. The van der Waals surface area contributed by atoms with Gasteiger partial charge in [-0.2, -0.15) is 0 Å². The second-order valence-electron chi connectivity index (χ2n) is 5.82.